The van der Waals surface area contributed by atoms with Crippen LogP contribution in [-0.2, 0) is 4.74 Å². The fourth-order valence-corrected chi connectivity index (χ4v) is 0.917. The van der Waals surface area contributed by atoms with Crippen LogP contribution in [0.15, 0.2) is 24.3 Å². The van der Waals surface area contributed by atoms with Crippen molar-refractivity contribution in [3.05, 3.63) is 35.4 Å². The standard InChI is InChI=1S/C9H7BO3/c1-13-9(12)7-4-2-3-6(5-7)8(10)11/h2-5H,1H3. The van der Waals surface area contributed by atoms with Crippen LogP contribution in [0.5, 0.6) is 0 Å². The van der Waals surface area contributed by atoms with Crippen molar-refractivity contribution in [1.29, 1.82) is 0 Å². The van der Waals surface area contributed by atoms with Crippen molar-refractivity contribution in [2.24, 2.45) is 0 Å². The Morgan fingerprint density at radius 1 is 1.31 bits per heavy atom. The maximum atomic E-state index is 11.0. The van der Waals surface area contributed by atoms with Crippen LogP contribution < -0.4 is 0 Å². The lowest BCUT2D eigenvalue weighted by Crippen LogP contribution is -2.04. The van der Waals surface area contributed by atoms with Gasteiger partial charge in [-0.25, -0.2) is 4.79 Å². The van der Waals surface area contributed by atoms with Crippen molar-refractivity contribution in [1.82, 2.24) is 0 Å². The predicted molar refractivity (Wildman–Crippen MR) is 47.9 cm³/mol. The molecule has 0 aliphatic rings. The molecule has 2 radical (unpaired) electrons. The smallest absolute Gasteiger partial charge is 0.337 e. The van der Waals surface area contributed by atoms with Crippen LogP contribution in [0.2, 0.25) is 0 Å². The lowest BCUT2D eigenvalue weighted by Gasteiger charge is -2.00. The van der Waals surface area contributed by atoms with Crippen molar-refractivity contribution in [2.75, 3.05) is 7.11 Å². The van der Waals surface area contributed by atoms with E-state index in [0.29, 0.717) is 11.1 Å². The summed E-state index contributed by atoms with van der Waals surface area (Å²) in [5.74, 6) is -0.483. The van der Waals surface area contributed by atoms with Crippen LogP contribution in [0.3, 0.4) is 0 Å². The zero-order chi connectivity index (χ0) is 9.84. The molecule has 13 heavy (non-hydrogen) atoms. The molecule has 0 bridgehead atoms. The summed E-state index contributed by atoms with van der Waals surface area (Å²) < 4.78 is 4.48. The van der Waals surface area contributed by atoms with Gasteiger partial charge in [-0.3, -0.25) is 0 Å². The lowest BCUT2D eigenvalue weighted by atomic mass is 9.94. The van der Waals surface area contributed by atoms with E-state index < -0.39 is 11.7 Å². The molecule has 4 heteroatoms. The first-order chi connectivity index (χ1) is 6.15. The number of methoxy groups -OCH3 is 1. The molecule has 1 aromatic rings. The molecular formula is C9H7BO3. The van der Waals surface area contributed by atoms with Crippen molar-refractivity contribution in [3.63, 3.8) is 0 Å². The Morgan fingerprint density at radius 3 is 2.46 bits per heavy atom. The molecule has 0 aliphatic carbocycles. The highest BCUT2D eigenvalue weighted by Gasteiger charge is 2.06. The Bertz CT molecular complexity index is 346. The SMILES string of the molecule is [B]C(=O)c1cccc(C(=O)OC)c1. The van der Waals surface area contributed by atoms with Crippen molar-refractivity contribution < 1.29 is 14.3 Å². The number of benzene rings is 1. The second kappa shape index (κ2) is 3.89. The van der Waals surface area contributed by atoms with Gasteiger partial charge in [0, 0.05) is 5.56 Å². The molecule has 0 unspecified atom stereocenters. The number of carbonyl (C=O) groups is 2. The first-order valence-corrected chi connectivity index (χ1v) is 3.63. The Balaban J connectivity index is 3.05. The van der Waals surface area contributed by atoms with Crippen molar-refractivity contribution in [3.8, 4) is 0 Å². The topological polar surface area (TPSA) is 43.4 Å². The molecule has 0 saturated carbocycles. The minimum Gasteiger partial charge on any atom is -0.465 e. The van der Waals surface area contributed by atoms with Gasteiger partial charge < -0.3 is 9.53 Å². The maximum Gasteiger partial charge on any atom is 0.337 e. The molecule has 0 saturated heterocycles. The molecule has 0 N–H and O–H groups in total. The highest BCUT2D eigenvalue weighted by atomic mass is 16.5. The number of carbonyl (C=O) groups excluding carboxylic acids is 2. The van der Waals surface area contributed by atoms with E-state index in [2.05, 4.69) is 4.74 Å². The molecule has 0 fully saturated rings. The Kier molecular flexibility index (Phi) is 2.85. The monoisotopic (exact) mass is 174 g/mol. The van der Waals surface area contributed by atoms with Gasteiger partial charge in [-0.15, -0.1) is 0 Å². The Labute approximate surface area is 77.1 Å². The van der Waals surface area contributed by atoms with E-state index in [1.807, 2.05) is 0 Å². The zero-order valence-corrected chi connectivity index (χ0v) is 7.11. The lowest BCUT2D eigenvalue weighted by molar-refractivity contribution is 0.0600. The molecule has 3 nitrogen and oxygen atoms in total. The second-order valence-electron chi connectivity index (χ2n) is 2.44. The van der Waals surface area contributed by atoms with Crippen molar-refractivity contribution in [2.45, 2.75) is 0 Å². The molecule has 0 aliphatic heterocycles. The average molecular weight is 174 g/mol. The van der Waals surface area contributed by atoms with Gasteiger partial charge in [0.2, 0.25) is 0 Å². The minimum absolute atomic E-state index is 0.294. The Hall–Kier alpha value is -1.58. The number of esters is 1. The quantitative estimate of drug-likeness (QED) is 0.491. The van der Waals surface area contributed by atoms with Gasteiger partial charge in [-0.05, 0) is 12.1 Å². The van der Waals surface area contributed by atoms with Crippen LogP contribution in [0.25, 0.3) is 0 Å². The fourth-order valence-electron chi connectivity index (χ4n) is 0.917. The van der Waals surface area contributed by atoms with E-state index in [1.165, 1.54) is 19.2 Å². The van der Waals surface area contributed by atoms with Gasteiger partial charge >= 0.3 is 5.97 Å². The van der Waals surface area contributed by atoms with Crippen LogP contribution in [-0.4, -0.2) is 26.6 Å². The van der Waals surface area contributed by atoms with E-state index in [4.69, 9.17) is 7.85 Å². The highest BCUT2D eigenvalue weighted by molar-refractivity contribution is 6.62. The summed E-state index contributed by atoms with van der Waals surface area (Å²) in [5, 5.41) is 0. The third-order valence-corrected chi connectivity index (χ3v) is 1.57. The summed E-state index contributed by atoms with van der Waals surface area (Å²) in [6.07, 6.45) is 0. The van der Waals surface area contributed by atoms with Crippen LogP contribution in [0.1, 0.15) is 20.7 Å². The Morgan fingerprint density at radius 2 is 1.92 bits per heavy atom. The van der Waals surface area contributed by atoms with Gasteiger partial charge in [0.1, 0.15) is 5.68 Å². The third-order valence-electron chi connectivity index (χ3n) is 1.57. The summed E-state index contributed by atoms with van der Waals surface area (Å²) in [5.41, 5.74) is 0.0486. The van der Waals surface area contributed by atoms with E-state index in [-0.39, 0.29) is 0 Å². The van der Waals surface area contributed by atoms with Gasteiger partial charge in [0.25, 0.3) is 0 Å². The molecule has 1 aromatic carbocycles. The van der Waals surface area contributed by atoms with Gasteiger partial charge in [0.05, 0.1) is 12.7 Å². The molecule has 0 spiro atoms. The molecule has 0 atom stereocenters. The molecule has 64 valence electrons. The fraction of sp³-hybridized carbons (Fsp3) is 0.111. The van der Waals surface area contributed by atoms with E-state index >= 15 is 0 Å². The van der Waals surface area contributed by atoms with Gasteiger partial charge in [-0.1, -0.05) is 12.1 Å². The van der Waals surface area contributed by atoms with E-state index in [0.717, 1.165) is 0 Å². The van der Waals surface area contributed by atoms with Crippen LogP contribution >= 0.6 is 0 Å². The maximum absolute atomic E-state index is 11.0. The number of hydrogen-bond acceptors (Lipinski definition) is 3. The van der Waals surface area contributed by atoms with Gasteiger partial charge in [-0.2, -0.15) is 0 Å². The minimum atomic E-state index is -0.564. The second-order valence-corrected chi connectivity index (χ2v) is 2.44. The molecule has 0 heterocycles. The van der Waals surface area contributed by atoms with Gasteiger partial charge in [0.15, 0.2) is 7.85 Å². The highest BCUT2D eigenvalue weighted by Crippen LogP contribution is 2.06. The predicted octanol–water partition coefficient (Wildman–Crippen LogP) is 0.782. The molecule has 0 aromatic heterocycles. The largest absolute Gasteiger partial charge is 0.465 e. The summed E-state index contributed by atoms with van der Waals surface area (Å²) in [6, 6.07) is 6.06. The van der Waals surface area contributed by atoms with Crippen molar-refractivity contribution >= 4 is 19.5 Å². The summed E-state index contributed by atoms with van der Waals surface area (Å²) in [7, 11) is 6.31. The number of ether oxygens (including phenoxy) is 1. The summed E-state index contributed by atoms with van der Waals surface area (Å²) >= 11 is 0. The van der Waals surface area contributed by atoms with Crippen LogP contribution in [0, 0.1) is 0 Å². The summed E-state index contributed by atoms with van der Waals surface area (Å²) in [4.78, 5) is 21.7. The van der Waals surface area contributed by atoms with Crippen LogP contribution in [0.4, 0.5) is 0 Å². The number of hydrogen-bond donors (Lipinski definition) is 0. The first-order valence-electron chi connectivity index (χ1n) is 3.63. The molecular weight excluding hydrogens is 167 g/mol. The van der Waals surface area contributed by atoms with E-state index in [9.17, 15) is 9.59 Å². The van der Waals surface area contributed by atoms with E-state index in [1.54, 1.807) is 12.1 Å². The summed E-state index contributed by atoms with van der Waals surface area (Å²) in [6.45, 7) is 0. The first kappa shape index (κ1) is 9.51. The average Bonchev–Trinajstić information content (AvgIpc) is 2.17. The molecule has 1 rings (SSSR count). The zero-order valence-electron chi connectivity index (χ0n) is 7.11. The molecule has 0 amide bonds. The normalized spacial score (nSPS) is 9.31. The number of rotatable bonds is 2. The third kappa shape index (κ3) is 2.18.